The highest BCUT2D eigenvalue weighted by Crippen LogP contribution is 2.34. The second-order valence-electron chi connectivity index (χ2n) is 3.48. The van der Waals surface area contributed by atoms with Crippen LogP contribution in [0.2, 0.25) is 5.02 Å². The number of benzene rings is 1. The molecule has 0 aliphatic heterocycles. The van der Waals surface area contributed by atoms with Gasteiger partial charge in [-0.2, -0.15) is 0 Å². The molecule has 1 aliphatic rings. The molecule has 1 aliphatic carbocycles. The first kappa shape index (κ1) is 10.8. The number of hydrogen-bond acceptors (Lipinski definition) is 2. The highest BCUT2D eigenvalue weighted by Gasteiger charge is 2.36. The summed E-state index contributed by atoms with van der Waals surface area (Å²) in [5.41, 5.74) is 0.0894. The fourth-order valence-electron chi connectivity index (χ4n) is 1.28. The van der Waals surface area contributed by atoms with Crippen molar-refractivity contribution in [2.45, 2.75) is 23.0 Å². The molecule has 0 aromatic heterocycles. The van der Waals surface area contributed by atoms with E-state index in [0.717, 1.165) is 12.8 Å². The van der Waals surface area contributed by atoms with Crippen molar-refractivity contribution >= 4 is 28.7 Å². The molecule has 1 unspecified atom stereocenters. The molecule has 1 aromatic carbocycles. The number of carbonyl (C=O) groups is 1. The van der Waals surface area contributed by atoms with Gasteiger partial charge < -0.3 is 9.66 Å². The molecule has 0 saturated heterocycles. The number of rotatable bonds is 3. The summed E-state index contributed by atoms with van der Waals surface area (Å²) in [6, 6.07) is 4.36. The van der Waals surface area contributed by atoms with Gasteiger partial charge in [0, 0.05) is 30.0 Å². The van der Waals surface area contributed by atoms with E-state index in [1.807, 2.05) is 0 Å². The third-order valence-electron chi connectivity index (χ3n) is 2.18. The van der Waals surface area contributed by atoms with Crippen LogP contribution in [0.1, 0.15) is 23.2 Å². The molecule has 0 spiro atoms. The maximum absolute atomic E-state index is 11.8. The van der Waals surface area contributed by atoms with Crippen LogP contribution in [0.3, 0.4) is 0 Å². The minimum atomic E-state index is -1.11. The fourth-order valence-corrected chi connectivity index (χ4v) is 3.01. The van der Waals surface area contributed by atoms with E-state index in [1.165, 1.54) is 12.1 Å². The zero-order valence-electron chi connectivity index (χ0n) is 7.77. The third-order valence-corrected chi connectivity index (χ3v) is 4.17. The Morgan fingerprint density at radius 1 is 1.47 bits per heavy atom. The molecule has 0 bridgehead atoms. The van der Waals surface area contributed by atoms with Crippen molar-refractivity contribution in [1.82, 2.24) is 0 Å². The van der Waals surface area contributed by atoms with E-state index in [2.05, 4.69) is 0 Å². The Bertz CT molecular complexity index is 404. The van der Waals surface area contributed by atoms with Crippen LogP contribution in [0.15, 0.2) is 23.1 Å². The van der Waals surface area contributed by atoms with Crippen molar-refractivity contribution in [3.8, 4) is 0 Å². The van der Waals surface area contributed by atoms with Gasteiger partial charge in [0.15, 0.2) is 4.90 Å². The topological polar surface area (TPSA) is 60.4 Å². The minimum Gasteiger partial charge on any atom is -0.611 e. The molecule has 2 rings (SSSR count). The normalized spacial score (nSPS) is 17.5. The second-order valence-corrected chi connectivity index (χ2v) is 5.65. The molecule has 1 aromatic rings. The molecule has 1 atom stereocenters. The molecule has 0 amide bonds. The minimum absolute atomic E-state index is 0.0894. The molecule has 3 nitrogen and oxygen atoms in total. The summed E-state index contributed by atoms with van der Waals surface area (Å²) in [7, 11) is 0. The van der Waals surface area contributed by atoms with Crippen molar-refractivity contribution in [2.75, 3.05) is 0 Å². The quantitative estimate of drug-likeness (QED) is 0.830. The summed E-state index contributed by atoms with van der Waals surface area (Å²) >= 11 is 4.66. The zero-order chi connectivity index (χ0) is 11.0. The maximum Gasteiger partial charge on any atom is 0.335 e. The third kappa shape index (κ3) is 2.45. The van der Waals surface area contributed by atoms with Crippen LogP contribution < -0.4 is 0 Å². The van der Waals surface area contributed by atoms with Crippen LogP contribution in [0, 0.1) is 0 Å². The molecule has 0 radical (unpaired) electrons. The van der Waals surface area contributed by atoms with Gasteiger partial charge in [-0.3, -0.25) is 0 Å². The van der Waals surface area contributed by atoms with Gasteiger partial charge in [-0.15, -0.1) is 0 Å². The molecule has 15 heavy (non-hydrogen) atoms. The monoisotopic (exact) mass is 244 g/mol. The van der Waals surface area contributed by atoms with Gasteiger partial charge in [0.1, 0.15) is 5.25 Å². The average Bonchev–Trinajstić information content (AvgIpc) is 2.98. The Hall–Kier alpha value is -0.710. The number of aromatic carboxylic acids is 1. The van der Waals surface area contributed by atoms with Crippen molar-refractivity contribution in [3.05, 3.63) is 28.8 Å². The molecule has 0 heterocycles. The largest absolute Gasteiger partial charge is 0.611 e. The van der Waals surface area contributed by atoms with E-state index in [-0.39, 0.29) is 10.8 Å². The number of carboxylic acids is 1. The van der Waals surface area contributed by atoms with E-state index in [0.29, 0.717) is 9.92 Å². The van der Waals surface area contributed by atoms with Gasteiger partial charge in [-0.05, 0) is 17.2 Å². The Labute approximate surface area is 95.2 Å². The van der Waals surface area contributed by atoms with Crippen LogP contribution in [0.4, 0.5) is 0 Å². The first-order valence-corrected chi connectivity index (χ1v) is 6.11. The van der Waals surface area contributed by atoms with Crippen LogP contribution in [-0.2, 0) is 11.2 Å². The maximum atomic E-state index is 11.8. The highest BCUT2D eigenvalue weighted by atomic mass is 35.5. The zero-order valence-corrected chi connectivity index (χ0v) is 9.35. The second kappa shape index (κ2) is 4.04. The summed E-state index contributed by atoms with van der Waals surface area (Å²) in [6.07, 6.45) is 1.89. The van der Waals surface area contributed by atoms with Crippen LogP contribution in [-0.4, -0.2) is 20.9 Å². The standard InChI is InChI=1S/C10H9ClO3S/c11-7-3-6(10(12)13)4-9(5-7)15(14)8-1-2-8/h3-5,8H,1-2H2,(H,12,13). The summed E-state index contributed by atoms with van der Waals surface area (Å²) in [5.74, 6) is -1.05. The highest BCUT2D eigenvalue weighted by molar-refractivity contribution is 7.92. The van der Waals surface area contributed by atoms with Crippen molar-refractivity contribution in [3.63, 3.8) is 0 Å². The molecule has 1 saturated carbocycles. The molecular formula is C10H9ClO3S. The van der Waals surface area contributed by atoms with E-state index in [9.17, 15) is 9.35 Å². The summed E-state index contributed by atoms with van der Waals surface area (Å²) in [6.45, 7) is 0. The van der Waals surface area contributed by atoms with Crippen molar-refractivity contribution in [2.24, 2.45) is 0 Å². The van der Waals surface area contributed by atoms with Crippen LogP contribution in [0.5, 0.6) is 0 Å². The Morgan fingerprint density at radius 3 is 2.67 bits per heavy atom. The van der Waals surface area contributed by atoms with Crippen LogP contribution >= 0.6 is 11.6 Å². The molecule has 1 fully saturated rings. The van der Waals surface area contributed by atoms with Gasteiger partial charge >= 0.3 is 5.97 Å². The van der Waals surface area contributed by atoms with Gasteiger partial charge in [-0.25, -0.2) is 4.79 Å². The lowest BCUT2D eigenvalue weighted by Gasteiger charge is -2.09. The molecular weight excluding hydrogens is 236 g/mol. The Morgan fingerprint density at radius 2 is 2.13 bits per heavy atom. The molecule has 1 N–H and O–H groups in total. The van der Waals surface area contributed by atoms with Gasteiger partial charge in [0.05, 0.1) is 5.56 Å². The predicted molar refractivity (Wildman–Crippen MR) is 57.8 cm³/mol. The summed E-state index contributed by atoms with van der Waals surface area (Å²) < 4.78 is 11.8. The van der Waals surface area contributed by atoms with E-state index >= 15 is 0 Å². The Balaban J connectivity index is 2.33. The van der Waals surface area contributed by atoms with Crippen molar-refractivity contribution < 1.29 is 14.5 Å². The predicted octanol–water partition coefficient (Wildman–Crippen LogP) is 2.31. The first-order chi connectivity index (χ1) is 7.08. The molecule has 80 valence electrons. The van der Waals surface area contributed by atoms with Gasteiger partial charge in [-0.1, -0.05) is 11.6 Å². The number of halogens is 1. The lowest BCUT2D eigenvalue weighted by Crippen LogP contribution is -2.08. The lowest BCUT2D eigenvalue weighted by atomic mass is 10.2. The number of carboxylic acid groups (broad SMARTS) is 1. The summed E-state index contributed by atoms with van der Waals surface area (Å²) in [4.78, 5) is 11.3. The fraction of sp³-hybridized carbons (Fsp3) is 0.300. The van der Waals surface area contributed by atoms with E-state index < -0.39 is 17.1 Å². The summed E-state index contributed by atoms with van der Waals surface area (Å²) in [5, 5.41) is 9.32. The van der Waals surface area contributed by atoms with Gasteiger partial charge in [0.2, 0.25) is 0 Å². The number of hydrogen-bond donors (Lipinski definition) is 1. The van der Waals surface area contributed by atoms with Crippen LogP contribution in [0.25, 0.3) is 0 Å². The smallest absolute Gasteiger partial charge is 0.335 e. The average molecular weight is 245 g/mol. The first-order valence-electron chi connectivity index (χ1n) is 4.52. The molecule has 5 heteroatoms. The SMILES string of the molecule is O=C(O)c1cc(Cl)cc([S+]([O-])C2CC2)c1. The van der Waals surface area contributed by atoms with Crippen molar-refractivity contribution in [1.29, 1.82) is 0 Å². The van der Waals surface area contributed by atoms with Gasteiger partial charge in [0.25, 0.3) is 0 Å². The van der Waals surface area contributed by atoms with E-state index in [4.69, 9.17) is 16.7 Å². The lowest BCUT2D eigenvalue weighted by molar-refractivity contribution is 0.0696. The van der Waals surface area contributed by atoms with E-state index in [1.54, 1.807) is 6.07 Å². The Kier molecular flexibility index (Phi) is 2.91.